The highest BCUT2D eigenvalue weighted by atomic mass is 32.1. The number of carbonyl (C=O) groups excluding carboxylic acids is 2. The summed E-state index contributed by atoms with van der Waals surface area (Å²) in [4.78, 5) is 29.8. The topological polar surface area (TPSA) is 93.5 Å². The summed E-state index contributed by atoms with van der Waals surface area (Å²) < 4.78 is 15.4. The minimum absolute atomic E-state index is 0.0824. The summed E-state index contributed by atoms with van der Waals surface area (Å²) in [6.45, 7) is 3.84. The molecule has 2 aliphatic rings. The lowest BCUT2D eigenvalue weighted by molar-refractivity contribution is 0.0296. The molecule has 0 unspecified atom stereocenters. The Balaban J connectivity index is 1.38. The molecule has 1 aromatic carbocycles. The average molecular weight is 467 g/mol. The van der Waals surface area contributed by atoms with Crippen LogP contribution in [-0.4, -0.2) is 73.0 Å². The van der Waals surface area contributed by atoms with Crippen LogP contribution in [0, 0.1) is 0 Å². The molecule has 0 bridgehead atoms. The molecule has 9 nitrogen and oxygen atoms in total. The van der Waals surface area contributed by atoms with Crippen LogP contribution in [0.15, 0.2) is 36.5 Å². The van der Waals surface area contributed by atoms with Gasteiger partial charge in [0.05, 0.1) is 37.7 Å². The first-order valence-corrected chi connectivity index (χ1v) is 12.0. The van der Waals surface area contributed by atoms with Gasteiger partial charge in [-0.15, -0.1) is 0 Å². The largest absolute Gasteiger partial charge is 0.378 e. The molecule has 0 N–H and O–H groups in total. The predicted molar refractivity (Wildman–Crippen MR) is 122 cm³/mol. The molecular weight excluding hydrogens is 440 g/mol. The number of carbonyl (C=O) groups is 2. The highest BCUT2D eigenvalue weighted by Gasteiger charge is 2.33. The molecule has 5 rings (SSSR count). The van der Waals surface area contributed by atoms with Crippen LogP contribution < -0.4 is 0 Å². The number of amides is 2. The van der Waals surface area contributed by atoms with Crippen LogP contribution in [0.5, 0.6) is 0 Å². The summed E-state index contributed by atoms with van der Waals surface area (Å²) in [6.07, 6.45) is 4.03. The molecule has 0 aliphatic carbocycles. The Labute approximate surface area is 196 Å². The van der Waals surface area contributed by atoms with Crippen LogP contribution >= 0.6 is 11.7 Å². The van der Waals surface area contributed by atoms with Crippen LogP contribution in [0.25, 0.3) is 0 Å². The minimum Gasteiger partial charge on any atom is -0.378 e. The summed E-state index contributed by atoms with van der Waals surface area (Å²) in [6, 6.07) is 10.4. The van der Waals surface area contributed by atoms with Crippen molar-refractivity contribution in [3.05, 3.63) is 64.7 Å². The SMILES string of the molecule is O=C(c1cnsn1)N1CCc2c(c(C(=O)N3CCOCC3)nn2CCCc2ccccc2)C1. The van der Waals surface area contributed by atoms with Gasteiger partial charge < -0.3 is 14.5 Å². The number of aromatic nitrogens is 4. The Hall–Kier alpha value is -3.11. The lowest BCUT2D eigenvalue weighted by Crippen LogP contribution is -2.42. The van der Waals surface area contributed by atoms with Crippen LogP contribution in [-0.2, 0) is 30.7 Å². The van der Waals surface area contributed by atoms with Gasteiger partial charge in [0.15, 0.2) is 11.4 Å². The zero-order valence-electron chi connectivity index (χ0n) is 18.4. The third-order valence-electron chi connectivity index (χ3n) is 6.18. The van der Waals surface area contributed by atoms with E-state index in [1.807, 2.05) is 22.9 Å². The molecule has 1 saturated heterocycles. The molecule has 0 radical (unpaired) electrons. The van der Waals surface area contributed by atoms with Crippen molar-refractivity contribution in [2.24, 2.45) is 0 Å². The van der Waals surface area contributed by atoms with Gasteiger partial charge >= 0.3 is 0 Å². The number of hydrogen-bond donors (Lipinski definition) is 0. The number of ether oxygens (including phenoxy) is 1. The third kappa shape index (κ3) is 4.67. The first kappa shape index (κ1) is 21.7. The Morgan fingerprint density at radius 1 is 1.03 bits per heavy atom. The van der Waals surface area contributed by atoms with Crippen LogP contribution in [0.2, 0.25) is 0 Å². The highest BCUT2D eigenvalue weighted by Crippen LogP contribution is 2.26. The van der Waals surface area contributed by atoms with Gasteiger partial charge in [0.25, 0.3) is 11.8 Å². The fourth-order valence-corrected chi connectivity index (χ4v) is 4.84. The van der Waals surface area contributed by atoms with E-state index in [1.54, 1.807) is 9.80 Å². The molecule has 0 atom stereocenters. The van der Waals surface area contributed by atoms with Crippen molar-refractivity contribution in [1.82, 2.24) is 28.3 Å². The van der Waals surface area contributed by atoms with Crippen molar-refractivity contribution in [2.45, 2.75) is 32.4 Å². The summed E-state index contributed by atoms with van der Waals surface area (Å²) in [5.41, 5.74) is 4.01. The summed E-state index contributed by atoms with van der Waals surface area (Å²) in [5, 5.41) is 4.78. The molecule has 3 aromatic rings. The highest BCUT2D eigenvalue weighted by molar-refractivity contribution is 6.99. The summed E-state index contributed by atoms with van der Waals surface area (Å²) in [5.74, 6) is -0.239. The average Bonchev–Trinajstić information content (AvgIpc) is 3.53. The Kier molecular flexibility index (Phi) is 6.45. The zero-order chi connectivity index (χ0) is 22.6. The zero-order valence-corrected chi connectivity index (χ0v) is 19.2. The van der Waals surface area contributed by atoms with Gasteiger partial charge in [-0.25, -0.2) is 0 Å². The molecule has 1 fully saturated rings. The number of benzene rings is 1. The number of fused-ring (bicyclic) bond motifs is 1. The van der Waals surface area contributed by atoms with Crippen molar-refractivity contribution in [3.63, 3.8) is 0 Å². The second-order valence-electron chi connectivity index (χ2n) is 8.26. The van der Waals surface area contributed by atoms with E-state index in [1.165, 1.54) is 11.8 Å². The van der Waals surface area contributed by atoms with Crippen molar-refractivity contribution < 1.29 is 14.3 Å². The second kappa shape index (κ2) is 9.80. The van der Waals surface area contributed by atoms with Crippen molar-refractivity contribution in [3.8, 4) is 0 Å². The Bertz CT molecular complexity index is 1110. The number of aryl methyl sites for hydroxylation is 2. The van der Waals surface area contributed by atoms with Crippen LogP contribution in [0.3, 0.4) is 0 Å². The predicted octanol–water partition coefficient (Wildman–Crippen LogP) is 2.04. The number of morpholine rings is 1. The van der Waals surface area contributed by atoms with Gasteiger partial charge in [-0.05, 0) is 18.4 Å². The molecule has 0 saturated carbocycles. The number of nitrogens with zero attached hydrogens (tertiary/aromatic N) is 6. The lowest BCUT2D eigenvalue weighted by atomic mass is 10.0. The lowest BCUT2D eigenvalue weighted by Gasteiger charge is -2.29. The van der Waals surface area contributed by atoms with E-state index in [4.69, 9.17) is 9.84 Å². The van der Waals surface area contributed by atoms with Crippen molar-refractivity contribution in [1.29, 1.82) is 0 Å². The van der Waals surface area contributed by atoms with E-state index in [-0.39, 0.29) is 11.8 Å². The molecule has 172 valence electrons. The number of rotatable bonds is 6. The molecular formula is C23H26N6O3S. The quantitative estimate of drug-likeness (QED) is 0.552. The maximum Gasteiger partial charge on any atom is 0.275 e. The Morgan fingerprint density at radius 2 is 1.85 bits per heavy atom. The Morgan fingerprint density at radius 3 is 2.61 bits per heavy atom. The molecule has 33 heavy (non-hydrogen) atoms. The molecule has 10 heteroatoms. The van der Waals surface area contributed by atoms with E-state index in [0.717, 1.165) is 42.4 Å². The van der Waals surface area contributed by atoms with Gasteiger partial charge in [0.2, 0.25) is 0 Å². The van der Waals surface area contributed by atoms with E-state index >= 15 is 0 Å². The fourth-order valence-electron chi connectivity index (χ4n) is 4.44. The van der Waals surface area contributed by atoms with Crippen LogP contribution in [0.4, 0.5) is 0 Å². The first-order valence-electron chi connectivity index (χ1n) is 11.3. The van der Waals surface area contributed by atoms with E-state index in [9.17, 15) is 9.59 Å². The van der Waals surface area contributed by atoms with Gasteiger partial charge in [-0.1, -0.05) is 30.3 Å². The smallest absolute Gasteiger partial charge is 0.275 e. The molecule has 2 amide bonds. The fraction of sp³-hybridized carbons (Fsp3) is 0.435. The van der Waals surface area contributed by atoms with Crippen LogP contribution in [0.1, 0.15) is 44.2 Å². The van der Waals surface area contributed by atoms with Crippen molar-refractivity contribution >= 4 is 23.5 Å². The molecule has 2 aliphatic heterocycles. The van der Waals surface area contributed by atoms with Crippen molar-refractivity contribution in [2.75, 3.05) is 32.8 Å². The van der Waals surface area contributed by atoms with Gasteiger partial charge in [-0.2, -0.15) is 13.8 Å². The third-order valence-corrected chi connectivity index (χ3v) is 6.66. The maximum absolute atomic E-state index is 13.4. The first-order chi connectivity index (χ1) is 16.2. The van der Waals surface area contributed by atoms with Gasteiger partial charge in [0, 0.05) is 43.9 Å². The summed E-state index contributed by atoms with van der Waals surface area (Å²) in [7, 11) is 0. The summed E-state index contributed by atoms with van der Waals surface area (Å²) >= 11 is 1.02. The maximum atomic E-state index is 13.4. The minimum atomic E-state index is -0.156. The molecule has 0 spiro atoms. The normalized spacial score (nSPS) is 16.0. The van der Waals surface area contributed by atoms with Gasteiger partial charge in [0.1, 0.15) is 0 Å². The molecule has 2 aromatic heterocycles. The van der Waals surface area contributed by atoms with E-state index in [0.29, 0.717) is 57.2 Å². The second-order valence-corrected chi connectivity index (χ2v) is 8.82. The molecule has 4 heterocycles. The standard InChI is InChI=1S/C23H26N6O3S/c30-22(19-15-24-33-26-19)28-10-8-20-18(16-28)21(23(31)27-11-13-32-14-12-27)25-29(20)9-4-7-17-5-2-1-3-6-17/h1-3,5-6,15H,4,7-14,16H2. The number of hydrogen-bond acceptors (Lipinski definition) is 7. The van der Waals surface area contributed by atoms with E-state index in [2.05, 4.69) is 20.9 Å². The monoisotopic (exact) mass is 466 g/mol. The van der Waals surface area contributed by atoms with E-state index < -0.39 is 0 Å². The van der Waals surface area contributed by atoms with Gasteiger partial charge in [-0.3, -0.25) is 14.3 Å².